The van der Waals surface area contributed by atoms with E-state index in [1.807, 2.05) is 20.8 Å². The summed E-state index contributed by atoms with van der Waals surface area (Å²) in [5.74, 6) is -0.0314. The summed E-state index contributed by atoms with van der Waals surface area (Å²) in [6.07, 6.45) is 1.87. The van der Waals surface area contributed by atoms with Gasteiger partial charge >= 0.3 is 0 Å². The maximum Gasteiger partial charge on any atom is 0.246 e. The molecule has 1 amide bonds. The van der Waals surface area contributed by atoms with Crippen LogP contribution in [0.4, 0.5) is 0 Å². The van der Waals surface area contributed by atoms with Gasteiger partial charge in [-0.25, -0.2) is 0 Å². The molecule has 1 N–H and O–H groups in total. The zero-order chi connectivity index (χ0) is 12.1. The summed E-state index contributed by atoms with van der Waals surface area (Å²) >= 11 is 0. The van der Waals surface area contributed by atoms with Crippen LogP contribution in [0, 0.1) is 0 Å². The molecule has 0 aliphatic heterocycles. The van der Waals surface area contributed by atoms with E-state index in [2.05, 4.69) is 26.1 Å². The van der Waals surface area contributed by atoms with Gasteiger partial charge in [-0.2, -0.15) is 0 Å². The average molecular weight is 215 g/mol. The van der Waals surface area contributed by atoms with Gasteiger partial charge in [0.2, 0.25) is 5.91 Å². The van der Waals surface area contributed by atoms with Crippen LogP contribution >= 0.6 is 0 Å². The molecular formula is C12H25NO2. The van der Waals surface area contributed by atoms with Gasteiger partial charge in [0.05, 0.1) is 5.60 Å². The molecule has 0 radical (unpaired) electrons. The van der Waals surface area contributed by atoms with Crippen molar-refractivity contribution in [3.05, 3.63) is 0 Å². The number of carbonyl (C=O) groups excluding carboxylic acids is 1. The van der Waals surface area contributed by atoms with Crippen LogP contribution in [0.1, 0.15) is 54.4 Å². The monoisotopic (exact) mass is 215 g/mol. The summed E-state index contributed by atoms with van der Waals surface area (Å²) in [5, 5.41) is 3.00. The van der Waals surface area contributed by atoms with Crippen molar-refractivity contribution in [2.24, 2.45) is 0 Å². The molecule has 0 spiro atoms. The summed E-state index contributed by atoms with van der Waals surface area (Å²) in [7, 11) is 0. The van der Waals surface area contributed by atoms with E-state index in [9.17, 15) is 4.79 Å². The Balaban J connectivity index is 4.04. The summed E-state index contributed by atoms with van der Waals surface area (Å²) in [4.78, 5) is 11.6. The third-order valence-corrected chi connectivity index (χ3v) is 2.64. The minimum Gasteiger partial charge on any atom is -0.366 e. The summed E-state index contributed by atoms with van der Waals surface area (Å²) in [6, 6.07) is 0. The number of amides is 1. The van der Waals surface area contributed by atoms with Gasteiger partial charge in [-0.15, -0.1) is 0 Å². The molecule has 0 heterocycles. The lowest BCUT2D eigenvalue weighted by molar-refractivity contribution is -0.132. The fourth-order valence-corrected chi connectivity index (χ4v) is 1.08. The molecule has 3 heteroatoms. The Hall–Kier alpha value is -0.570. The van der Waals surface area contributed by atoms with Crippen molar-refractivity contribution in [3.63, 3.8) is 0 Å². The predicted molar refractivity (Wildman–Crippen MR) is 62.8 cm³/mol. The van der Waals surface area contributed by atoms with E-state index in [-0.39, 0.29) is 23.7 Å². The van der Waals surface area contributed by atoms with Gasteiger partial charge < -0.3 is 10.1 Å². The van der Waals surface area contributed by atoms with E-state index < -0.39 is 0 Å². The molecule has 0 aromatic rings. The van der Waals surface area contributed by atoms with Crippen molar-refractivity contribution in [3.8, 4) is 0 Å². The molecule has 0 aromatic carbocycles. The second kappa shape index (κ2) is 5.50. The quantitative estimate of drug-likeness (QED) is 0.765. The molecule has 0 aliphatic carbocycles. The van der Waals surface area contributed by atoms with Crippen molar-refractivity contribution in [2.45, 2.75) is 65.5 Å². The van der Waals surface area contributed by atoms with Crippen LogP contribution in [0.25, 0.3) is 0 Å². The molecule has 0 unspecified atom stereocenters. The van der Waals surface area contributed by atoms with Crippen LogP contribution in [0.2, 0.25) is 0 Å². The molecule has 0 aromatic heterocycles. The molecule has 0 saturated carbocycles. The van der Waals surface area contributed by atoms with Crippen LogP contribution in [0.5, 0.6) is 0 Å². The number of carbonyl (C=O) groups is 1. The second-order valence-electron chi connectivity index (χ2n) is 5.22. The number of hydrogen-bond acceptors (Lipinski definition) is 2. The molecule has 0 fully saturated rings. The fourth-order valence-electron chi connectivity index (χ4n) is 1.08. The zero-order valence-electron chi connectivity index (χ0n) is 10.9. The molecular weight excluding hydrogens is 190 g/mol. The van der Waals surface area contributed by atoms with E-state index in [0.717, 1.165) is 12.8 Å². The Morgan fingerprint density at radius 2 is 1.60 bits per heavy atom. The van der Waals surface area contributed by atoms with E-state index >= 15 is 0 Å². The van der Waals surface area contributed by atoms with Crippen LogP contribution in [-0.4, -0.2) is 23.7 Å². The fraction of sp³-hybridized carbons (Fsp3) is 0.917. The summed E-state index contributed by atoms with van der Waals surface area (Å²) in [6.45, 7) is 12.2. The smallest absolute Gasteiger partial charge is 0.246 e. The summed E-state index contributed by atoms with van der Waals surface area (Å²) in [5.41, 5.74) is -0.357. The molecule has 0 rings (SSSR count). The van der Waals surface area contributed by atoms with Gasteiger partial charge in [-0.3, -0.25) is 4.79 Å². The molecule has 0 saturated heterocycles. The van der Waals surface area contributed by atoms with Crippen LogP contribution in [0.3, 0.4) is 0 Å². The number of ether oxygens (including phenoxy) is 1. The maximum absolute atomic E-state index is 11.6. The highest BCUT2D eigenvalue weighted by Crippen LogP contribution is 2.13. The zero-order valence-corrected chi connectivity index (χ0v) is 10.9. The van der Waals surface area contributed by atoms with Crippen molar-refractivity contribution in [1.29, 1.82) is 0 Å². The van der Waals surface area contributed by atoms with Crippen molar-refractivity contribution in [2.75, 3.05) is 6.61 Å². The van der Waals surface area contributed by atoms with Gasteiger partial charge in [-0.05, 0) is 40.5 Å². The average Bonchev–Trinajstić information content (AvgIpc) is 2.13. The van der Waals surface area contributed by atoms with Gasteiger partial charge in [0.25, 0.3) is 0 Å². The first-order valence-corrected chi connectivity index (χ1v) is 5.67. The first-order chi connectivity index (χ1) is 6.72. The number of nitrogens with one attached hydrogen (secondary N) is 1. The normalized spacial score (nSPS) is 12.7. The van der Waals surface area contributed by atoms with Crippen LogP contribution in [-0.2, 0) is 9.53 Å². The molecule has 0 aliphatic rings. The molecule has 0 bridgehead atoms. The Morgan fingerprint density at radius 3 is 1.93 bits per heavy atom. The van der Waals surface area contributed by atoms with Crippen LogP contribution < -0.4 is 5.32 Å². The van der Waals surface area contributed by atoms with Gasteiger partial charge in [0, 0.05) is 5.54 Å². The van der Waals surface area contributed by atoms with Gasteiger partial charge in [-0.1, -0.05) is 13.8 Å². The Bertz CT molecular complexity index is 202. The first kappa shape index (κ1) is 14.4. The SMILES string of the molecule is CCC(C)(CC)NC(=O)COC(C)(C)C. The molecule has 3 nitrogen and oxygen atoms in total. The predicted octanol–water partition coefficient (Wildman–Crippen LogP) is 2.50. The lowest BCUT2D eigenvalue weighted by Gasteiger charge is -2.29. The maximum atomic E-state index is 11.6. The van der Waals surface area contributed by atoms with E-state index in [4.69, 9.17) is 4.74 Å². The third kappa shape index (κ3) is 6.50. The van der Waals surface area contributed by atoms with Gasteiger partial charge in [0.1, 0.15) is 6.61 Å². The van der Waals surface area contributed by atoms with Gasteiger partial charge in [0.15, 0.2) is 0 Å². The third-order valence-electron chi connectivity index (χ3n) is 2.64. The van der Waals surface area contributed by atoms with E-state index in [1.165, 1.54) is 0 Å². The topological polar surface area (TPSA) is 38.3 Å². The molecule has 0 atom stereocenters. The lowest BCUT2D eigenvalue weighted by atomic mass is 9.95. The van der Waals surface area contributed by atoms with E-state index in [0.29, 0.717) is 0 Å². The minimum atomic E-state index is -0.258. The highest BCUT2D eigenvalue weighted by Gasteiger charge is 2.22. The highest BCUT2D eigenvalue weighted by molar-refractivity contribution is 5.78. The van der Waals surface area contributed by atoms with E-state index in [1.54, 1.807) is 0 Å². The molecule has 15 heavy (non-hydrogen) atoms. The molecule has 90 valence electrons. The Kier molecular flexibility index (Phi) is 5.29. The Morgan fingerprint density at radius 1 is 1.13 bits per heavy atom. The standard InChI is InChI=1S/C12H25NO2/c1-7-12(6,8-2)13-10(14)9-15-11(3,4)5/h7-9H2,1-6H3,(H,13,14). The Labute approximate surface area is 93.6 Å². The highest BCUT2D eigenvalue weighted by atomic mass is 16.5. The largest absolute Gasteiger partial charge is 0.366 e. The van der Waals surface area contributed by atoms with Crippen molar-refractivity contribution < 1.29 is 9.53 Å². The number of hydrogen-bond donors (Lipinski definition) is 1. The first-order valence-electron chi connectivity index (χ1n) is 5.67. The number of rotatable bonds is 5. The van der Waals surface area contributed by atoms with Crippen molar-refractivity contribution >= 4 is 5.91 Å². The second-order valence-corrected chi connectivity index (χ2v) is 5.22. The summed E-state index contributed by atoms with van der Waals surface area (Å²) < 4.78 is 5.41. The van der Waals surface area contributed by atoms with Crippen molar-refractivity contribution in [1.82, 2.24) is 5.32 Å². The lowest BCUT2D eigenvalue weighted by Crippen LogP contribution is -2.47. The van der Waals surface area contributed by atoms with Crippen LogP contribution in [0.15, 0.2) is 0 Å². The minimum absolute atomic E-state index is 0.0314.